The number of rotatable bonds is 8. The van der Waals surface area contributed by atoms with Crippen molar-refractivity contribution >= 4 is 34.7 Å². The molecule has 0 atom stereocenters. The third-order valence-corrected chi connectivity index (χ3v) is 7.08. The number of azo groups is 2. The predicted molar refractivity (Wildman–Crippen MR) is 170 cm³/mol. The van der Waals surface area contributed by atoms with Crippen molar-refractivity contribution in [2.45, 2.75) is 20.8 Å². The number of aromatic nitrogens is 4. The molecule has 1 radical (unpaired) electrons. The average molecular weight is 730 g/mol. The van der Waals surface area contributed by atoms with E-state index in [9.17, 15) is 30.0 Å². The second kappa shape index (κ2) is 18.0. The first-order chi connectivity index (χ1) is 23.6. The van der Waals surface area contributed by atoms with Crippen molar-refractivity contribution in [3.63, 3.8) is 0 Å². The van der Waals surface area contributed by atoms with E-state index in [0.29, 0.717) is 22.8 Å². The molecule has 0 saturated heterocycles. The molecule has 0 saturated carbocycles. The Kier molecular flexibility index (Phi) is 14.1. The van der Waals surface area contributed by atoms with Crippen molar-refractivity contribution in [3.05, 3.63) is 131 Å². The Labute approximate surface area is 324 Å². The maximum atomic E-state index is 12.6. The first kappa shape index (κ1) is 40.0. The maximum absolute atomic E-state index is 12.6. The molecule has 2 heterocycles. The fourth-order valence-electron chi connectivity index (χ4n) is 4.61. The minimum Gasteiger partial charge on any atom is -0.857 e. The van der Waals surface area contributed by atoms with Crippen LogP contribution in [0.3, 0.4) is 0 Å². The van der Waals surface area contributed by atoms with E-state index in [1.54, 1.807) is 68.4 Å². The van der Waals surface area contributed by atoms with Crippen LogP contribution in [0.2, 0.25) is 0 Å². The molecule has 0 bridgehead atoms. The molecule has 14 nitrogen and oxygen atoms in total. The summed E-state index contributed by atoms with van der Waals surface area (Å²) in [6, 6.07) is 28.3. The monoisotopic (exact) mass is 729 g/mol. The van der Waals surface area contributed by atoms with Crippen molar-refractivity contribution in [2.24, 2.45) is 20.5 Å². The molecule has 6 aromatic rings. The Morgan fingerprint density at radius 3 is 1.47 bits per heavy atom. The standard InChI is InChI=1S/C18H16N4O3.C17H14N4O3.Cr.Na/c1-11-7-3-6-10-15(11)22-17(23)16(12(2)21-22)20-19-14-9-5-4-8-13(14)18(24)25;1-11-15(16(22)21(20-11)12-7-3-2-4-8-12)19-18-14-10-6-5-9-13(14)17(23)24;;/h3-10,23H,1-2H3,(H,24,25);2-10,22H,1H3,(H,23,24);;/q;;+3;+1/p-4. The molecule has 0 aliphatic carbocycles. The molecule has 0 fully saturated rings. The molecule has 0 unspecified atom stereocenters. The normalized spacial score (nSPS) is 10.6. The first-order valence-electron chi connectivity index (χ1n) is 14.7. The van der Waals surface area contributed by atoms with Gasteiger partial charge in [-0.2, -0.15) is 10.2 Å². The summed E-state index contributed by atoms with van der Waals surface area (Å²) in [5, 5.41) is 71.2. The number of aryl methyl sites for hydroxylation is 3. The van der Waals surface area contributed by atoms with E-state index in [4.69, 9.17) is 0 Å². The van der Waals surface area contributed by atoms with Gasteiger partial charge in [-0.25, -0.2) is 9.36 Å². The molecule has 0 amide bonds. The molecule has 16 heteroatoms. The number of carboxylic acids is 2. The Morgan fingerprint density at radius 1 is 0.569 bits per heavy atom. The van der Waals surface area contributed by atoms with Gasteiger partial charge in [-0.1, -0.05) is 72.8 Å². The van der Waals surface area contributed by atoms with E-state index in [1.165, 1.54) is 33.6 Å². The van der Waals surface area contributed by atoms with Crippen molar-refractivity contribution in [1.82, 2.24) is 19.6 Å². The zero-order valence-electron chi connectivity index (χ0n) is 27.8. The number of aromatic carboxylic acids is 2. The van der Waals surface area contributed by atoms with E-state index < -0.39 is 23.7 Å². The van der Waals surface area contributed by atoms with Crippen LogP contribution in [-0.4, -0.2) is 31.5 Å². The average Bonchev–Trinajstić information content (AvgIpc) is 3.55. The number of para-hydroxylation sites is 2. The first-order valence-corrected chi connectivity index (χ1v) is 14.7. The fourth-order valence-corrected chi connectivity index (χ4v) is 4.61. The smallest absolute Gasteiger partial charge is 0.857 e. The van der Waals surface area contributed by atoms with Crippen LogP contribution in [0.4, 0.5) is 22.7 Å². The number of hydrogen-bond acceptors (Lipinski definition) is 12. The Bertz CT molecular complexity index is 2220. The number of nitrogens with zero attached hydrogens (tertiary/aromatic N) is 8. The minimum absolute atomic E-state index is 0. The topological polar surface area (TPSA) is 211 Å². The molecular formula is C35H26CrN8NaO6. The van der Waals surface area contributed by atoms with E-state index >= 15 is 0 Å². The van der Waals surface area contributed by atoms with Gasteiger partial charge in [0.25, 0.3) is 0 Å². The summed E-state index contributed by atoms with van der Waals surface area (Å²) in [5.41, 5.74) is 3.14. The SMILES string of the molecule is Cc1ccccc1-n1nc(C)c(N=Nc2ccccc2C(=O)[O-])c1[O-].Cc1nn(-c2ccccc2)c([O-])c1N=Nc1ccccc1C(=O)[O-].[Cr+3].[Na+]. The summed E-state index contributed by atoms with van der Waals surface area (Å²) in [5.74, 6) is -3.55. The van der Waals surface area contributed by atoms with Gasteiger partial charge in [0, 0.05) is 22.9 Å². The van der Waals surface area contributed by atoms with Crippen molar-refractivity contribution in [3.8, 4) is 23.1 Å². The van der Waals surface area contributed by atoms with Crippen molar-refractivity contribution < 1.29 is 76.9 Å². The number of hydrogen-bond donors (Lipinski definition) is 0. The molecule has 2 aromatic heterocycles. The van der Waals surface area contributed by atoms with Gasteiger partial charge >= 0.3 is 46.9 Å². The summed E-state index contributed by atoms with van der Waals surface area (Å²) < 4.78 is 2.50. The van der Waals surface area contributed by atoms with Gasteiger partial charge in [-0.3, -0.25) is 0 Å². The van der Waals surface area contributed by atoms with Crippen LogP contribution in [0, 0.1) is 20.8 Å². The maximum Gasteiger partial charge on any atom is 3.00 e. The molecule has 0 N–H and O–H groups in total. The Hall–Kier alpha value is -5.43. The van der Waals surface area contributed by atoms with Crippen LogP contribution in [0.1, 0.15) is 37.7 Å². The fraction of sp³-hybridized carbons (Fsp3) is 0.0857. The molecule has 4 aromatic carbocycles. The van der Waals surface area contributed by atoms with Gasteiger partial charge in [0.05, 0.1) is 46.1 Å². The van der Waals surface area contributed by atoms with Gasteiger partial charge in [-0.05, 0) is 56.7 Å². The van der Waals surface area contributed by atoms with Crippen LogP contribution in [-0.2, 0) is 17.4 Å². The summed E-state index contributed by atoms with van der Waals surface area (Å²) in [7, 11) is 0. The zero-order chi connectivity index (χ0) is 35.1. The minimum atomic E-state index is -1.36. The van der Waals surface area contributed by atoms with Gasteiger partial charge in [-0.15, -0.1) is 20.5 Å². The number of benzene rings is 4. The number of carbonyl (C=O) groups excluding carboxylic acids is 2. The van der Waals surface area contributed by atoms with Crippen LogP contribution in [0.25, 0.3) is 11.4 Å². The largest absolute Gasteiger partial charge is 3.00 e. The summed E-state index contributed by atoms with van der Waals surface area (Å²) in [6.45, 7) is 5.16. The molecule has 0 spiro atoms. The van der Waals surface area contributed by atoms with Crippen molar-refractivity contribution in [1.29, 1.82) is 0 Å². The third kappa shape index (κ3) is 9.23. The number of carboxylic acid groups (broad SMARTS) is 2. The van der Waals surface area contributed by atoms with Crippen molar-refractivity contribution in [2.75, 3.05) is 0 Å². The van der Waals surface area contributed by atoms with E-state index in [0.717, 1.165) is 5.56 Å². The molecule has 6 rings (SSSR count). The number of carbonyl (C=O) groups is 2. The van der Waals surface area contributed by atoms with Gasteiger partial charge in [0.2, 0.25) is 0 Å². The molecule has 249 valence electrons. The molecule has 51 heavy (non-hydrogen) atoms. The van der Waals surface area contributed by atoms with E-state index in [2.05, 4.69) is 30.7 Å². The molecule has 0 aliphatic heterocycles. The third-order valence-electron chi connectivity index (χ3n) is 7.08. The van der Waals surface area contributed by atoms with Gasteiger partial charge < -0.3 is 30.0 Å². The quantitative estimate of drug-likeness (QED) is 0.165. The van der Waals surface area contributed by atoms with Crippen LogP contribution in [0.5, 0.6) is 11.8 Å². The van der Waals surface area contributed by atoms with Crippen LogP contribution < -0.4 is 50.0 Å². The molecule has 0 aliphatic rings. The van der Waals surface area contributed by atoms with Crippen LogP contribution in [0.15, 0.2) is 124 Å². The predicted octanol–water partition coefficient (Wildman–Crippen LogP) is 1.38. The van der Waals surface area contributed by atoms with E-state index in [-0.39, 0.29) is 80.8 Å². The Morgan fingerprint density at radius 2 is 0.980 bits per heavy atom. The second-order valence-corrected chi connectivity index (χ2v) is 10.4. The van der Waals surface area contributed by atoms with Gasteiger partial charge in [0.15, 0.2) is 0 Å². The molecular weight excluding hydrogens is 703 g/mol. The summed E-state index contributed by atoms with van der Waals surface area (Å²) in [6.07, 6.45) is 0. The van der Waals surface area contributed by atoms with E-state index in [1.807, 2.05) is 31.2 Å². The Balaban J connectivity index is 0.000000265. The second-order valence-electron chi connectivity index (χ2n) is 10.4. The van der Waals surface area contributed by atoms with Gasteiger partial charge in [0.1, 0.15) is 11.4 Å². The van der Waals surface area contributed by atoms with Crippen LogP contribution >= 0.6 is 0 Å². The summed E-state index contributed by atoms with van der Waals surface area (Å²) >= 11 is 0. The zero-order valence-corrected chi connectivity index (χ0v) is 31.0. The summed E-state index contributed by atoms with van der Waals surface area (Å²) in [4.78, 5) is 22.2.